The van der Waals surface area contributed by atoms with Crippen LogP contribution in [0.5, 0.6) is 0 Å². The summed E-state index contributed by atoms with van der Waals surface area (Å²) in [5.41, 5.74) is 7.52. The second-order valence-electron chi connectivity index (χ2n) is 5.71. The van der Waals surface area contributed by atoms with Gasteiger partial charge in [-0.15, -0.1) is 12.4 Å². The zero-order valence-electron chi connectivity index (χ0n) is 11.9. The molecular weight excluding hydrogens is 295 g/mol. The van der Waals surface area contributed by atoms with Crippen LogP contribution in [-0.4, -0.2) is 11.4 Å². The van der Waals surface area contributed by atoms with Gasteiger partial charge in [0.15, 0.2) is 0 Å². The molecule has 0 aromatic heterocycles. The highest BCUT2D eigenvalue weighted by Crippen LogP contribution is 2.33. The molecule has 3 nitrogen and oxygen atoms in total. The summed E-state index contributed by atoms with van der Waals surface area (Å²) in [5, 5.41) is 3.64. The second-order valence-corrected chi connectivity index (χ2v) is 6.11. The van der Waals surface area contributed by atoms with Crippen molar-refractivity contribution in [3.05, 3.63) is 28.8 Å². The fourth-order valence-electron chi connectivity index (χ4n) is 2.75. The standard InChI is InChI=1S/C15H21ClN2O.ClH/c1-10-12(16)7-5-8-13(10)18-14(19)11-6-3-4-9-15(11,2)17;/h5,7-8,11H,3-4,6,9,17H2,1-2H3,(H,18,19);1H. The van der Waals surface area contributed by atoms with Gasteiger partial charge in [-0.2, -0.15) is 0 Å². The molecule has 5 heteroatoms. The Kier molecular flexibility index (Phi) is 5.87. The Balaban J connectivity index is 0.00000200. The Bertz CT molecular complexity index is 489. The first kappa shape index (κ1) is 17.3. The lowest BCUT2D eigenvalue weighted by molar-refractivity contribution is -0.122. The van der Waals surface area contributed by atoms with Gasteiger partial charge in [-0.3, -0.25) is 4.79 Å². The maximum Gasteiger partial charge on any atom is 0.229 e. The van der Waals surface area contributed by atoms with Crippen molar-refractivity contribution >= 4 is 35.6 Å². The SMILES string of the molecule is Cc1c(Cl)cccc1NC(=O)C1CCCCC1(C)N.Cl. The molecule has 2 rings (SSSR count). The van der Waals surface area contributed by atoms with Gasteiger partial charge in [0.05, 0.1) is 5.92 Å². The summed E-state index contributed by atoms with van der Waals surface area (Å²) in [4.78, 5) is 12.4. The van der Waals surface area contributed by atoms with Gasteiger partial charge in [0.25, 0.3) is 0 Å². The van der Waals surface area contributed by atoms with Crippen molar-refractivity contribution in [3.63, 3.8) is 0 Å². The lowest BCUT2D eigenvalue weighted by atomic mass is 9.74. The van der Waals surface area contributed by atoms with Crippen molar-refractivity contribution < 1.29 is 4.79 Å². The fraction of sp³-hybridized carbons (Fsp3) is 0.533. The molecule has 0 bridgehead atoms. The number of carbonyl (C=O) groups excluding carboxylic acids is 1. The van der Waals surface area contributed by atoms with Gasteiger partial charge in [-0.05, 0) is 44.4 Å². The normalized spacial score (nSPS) is 25.7. The number of carbonyl (C=O) groups is 1. The molecule has 0 aliphatic heterocycles. The minimum atomic E-state index is -0.408. The van der Waals surface area contributed by atoms with E-state index in [0.717, 1.165) is 36.9 Å². The third kappa shape index (κ3) is 3.66. The van der Waals surface area contributed by atoms with E-state index in [1.165, 1.54) is 0 Å². The molecule has 1 aromatic rings. The zero-order valence-corrected chi connectivity index (χ0v) is 13.5. The second kappa shape index (κ2) is 6.79. The van der Waals surface area contributed by atoms with Gasteiger partial charge in [0.2, 0.25) is 5.91 Å². The Labute approximate surface area is 131 Å². The molecule has 1 aliphatic rings. The highest BCUT2D eigenvalue weighted by atomic mass is 35.5. The van der Waals surface area contributed by atoms with Crippen LogP contribution in [-0.2, 0) is 4.79 Å². The van der Waals surface area contributed by atoms with Crippen LogP contribution < -0.4 is 11.1 Å². The number of benzene rings is 1. The minimum Gasteiger partial charge on any atom is -0.325 e. The Morgan fingerprint density at radius 1 is 1.45 bits per heavy atom. The van der Waals surface area contributed by atoms with E-state index in [1.807, 2.05) is 32.0 Å². The number of anilines is 1. The van der Waals surface area contributed by atoms with Crippen LogP contribution in [0.1, 0.15) is 38.2 Å². The largest absolute Gasteiger partial charge is 0.325 e. The molecule has 1 saturated carbocycles. The Morgan fingerprint density at radius 3 is 2.80 bits per heavy atom. The third-order valence-corrected chi connectivity index (χ3v) is 4.51. The quantitative estimate of drug-likeness (QED) is 0.869. The minimum absolute atomic E-state index is 0. The maximum atomic E-state index is 12.4. The van der Waals surface area contributed by atoms with E-state index in [4.69, 9.17) is 17.3 Å². The van der Waals surface area contributed by atoms with Gasteiger partial charge in [0.1, 0.15) is 0 Å². The molecule has 0 radical (unpaired) electrons. The number of amides is 1. The van der Waals surface area contributed by atoms with Gasteiger partial charge < -0.3 is 11.1 Å². The lowest BCUT2D eigenvalue weighted by Gasteiger charge is -2.37. The van der Waals surface area contributed by atoms with Crippen molar-refractivity contribution in [1.82, 2.24) is 0 Å². The number of halogens is 2. The molecular formula is C15H22Cl2N2O. The number of hydrogen-bond donors (Lipinski definition) is 2. The van der Waals surface area contributed by atoms with Crippen molar-refractivity contribution in [2.45, 2.75) is 45.1 Å². The van der Waals surface area contributed by atoms with E-state index in [9.17, 15) is 4.79 Å². The fourth-order valence-corrected chi connectivity index (χ4v) is 2.93. The average Bonchev–Trinajstić information content (AvgIpc) is 2.34. The summed E-state index contributed by atoms with van der Waals surface area (Å²) in [6.45, 7) is 3.88. The monoisotopic (exact) mass is 316 g/mol. The lowest BCUT2D eigenvalue weighted by Crippen LogP contribution is -2.51. The van der Waals surface area contributed by atoms with E-state index >= 15 is 0 Å². The topological polar surface area (TPSA) is 55.1 Å². The van der Waals surface area contributed by atoms with Crippen LogP contribution in [0.15, 0.2) is 18.2 Å². The predicted octanol–water partition coefficient (Wildman–Crippen LogP) is 3.92. The Hall–Kier alpha value is -0.770. The molecule has 20 heavy (non-hydrogen) atoms. The van der Waals surface area contributed by atoms with Gasteiger partial charge in [-0.1, -0.05) is 30.5 Å². The summed E-state index contributed by atoms with van der Waals surface area (Å²) in [5.74, 6) is -0.116. The van der Waals surface area contributed by atoms with Crippen LogP contribution in [0.2, 0.25) is 5.02 Å². The van der Waals surface area contributed by atoms with Gasteiger partial charge >= 0.3 is 0 Å². The smallest absolute Gasteiger partial charge is 0.229 e. The molecule has 1 amide bonds. The van der Waals surface area contributed by atoms with Crippen LogP contribution in [0, 0.1) is 12.8 Å². The number of nitrogens with two attached hydrogens (primary N) is 1. The molecule has 1 fully saturated rings. The predicted molar refractivity (Wildman–Crippen MR) is 86.6 cm³/mol. The van der Waals surface area contributed by atoms with Gasteiger partial charge in [-0.25, -0.2) is 0 Å². The molecule has 2 unspecified atom stereocenters. The van der Waals surface area contributed by atoms with E-state index < -0.39 is 5.54 Å². The van der Waals surface area contributed by atoms with Crippen LogP contribution in [0.4, 0.5) is 5.69 Å². The maximum absolute atomic E-state index is 12.4. The van der Waals surface area contributed by atoms with Crippen molar-refractivity contribution in [1.29, 1.82) is 0 Å². The van der Waals surface area contributed by atoms with Crippen molar-refractivity contribution in [2.75, 3.05) is 5.32 Å². The first-order chi connectivity index (χ1) is 8.92. The molecule has 0 spiro atoms. The van der Waals surface area contributed by atoms with E-state index in [1.54, 1.807) is 0 Å². The summed E-state index contributed by atoms with van der Waals surface area (Å²) in [6, 6.07) is 5.53. The molecule has 0 saturated heterocycles. The number of nitrogens with one attached hydrogen (secondary N) is 1. The Morgan fingerprint density at radius 2 is 2.15 bits per heavy atom. The average molecular weight is 317 g/mol. The molecule has 0 heterocycles. The summed E-state index contributed by atoms with van der Waals surface area (Å²) < 4.78 is 0. The molecule has 2 atom stereocenters. The first-order valence-electron chi connectivity index (χ1n) is 6.76. The van der Waals surface area contributed by atoms with Gasteiger partial charge in [0, 0.05) is 16.2 Å². The molecule has 112 valence electrons. The summed E-state index contributed by atoms with van der Waals surface area (Å²) >= 11 is 6.06. The van der Waals surface area contributed by atoms with E-state index in [-0.39, 0.29) is 24.2 Å². The summed E-state index contributed by atoms with van der Waals surface area (Å²) in [7, 11) is 0. The molecule has 1 aliphatic carbocycles. The van der Waals surface area contributed by atoms with Crippen molar-refractivity contribution in [3.8, 4) is 0 Å². The van der Waals surface area contributed by atoms with Crippen LogP contribution >= 0.6 is 24.0 Å². The van der Waals surface area contributed by atoms with Crippen LogP contribution in [0.25, 0.3) is 0 Å². The van der Waals surface area contributed by atoms with Crippen LogP contribution in [0.3, 0.4) is 0 Å². The number of rotatable bonds is 2. The third-order valence-electron chi connectivity index (χ3n) is 4.10. The van der Waals surface area contributed by atoms with E-state index in [0.29, 0.717) is 5.02 Å². The molecule has 1 aromatic carbocycles. The zero-order chi connectivity index (χ0) is 14.0. The number of hydrogen-bond acceptors (Lipinski definition) is 2. The molecule has 3 N–H and O–H groups in total. The highest BCUT2D eigenvalue weighted by Gasteiger charge is 2.37. The van der Waals surface area contributed by atoms with Crippen molar-refractivity contribution in [2.24, 2.45) is 11.7 Å². The first-order valence-corrected chi connectivity index (χ1v) is 7.14. The summed E-state index contributed by atoms with van der Waals surface area (Å²) in [6.07, 6.45) is 3.93. The highest BCUT2D eigenvalue weighted by molar-refractivity contribution is 6.31. The van der Waals surface area contributed by atoms with E-state index in [2.05, 4.69) is 5.32 Å².